The van der Waals surface area contributed by atoms with Crippen LogP contribution in [0.4, 0.5) is 0 Å². The van der Waals surface area contributed by atoms with Gasteiger partial charge in [-0.15, -0.1) is 0 Å². The molecular formula is C17H14N2O4. The lowest BCUT2D eigenvalue weighted by Gasteiger charge is -1.95. The van der Waals surface area contributed by atoms with E-state index in [1.54, 1.807) is 14.2 Å². The molecule has 0 spiro atoms. The number of aromatic nitrogens is 2. The predicted molar refractivity (Wildman–Crippen MR) is 83.9 cm³/mol. The molecular weight excluding hydrogens is 296 g/mol. The van der Waals surface area contributed by atoms with Crippen molar-refractivity contribution >= 4 is 22.2 Å². The third-order valence-corrected chi connectivity index (χ3v) is 3.58. The largest absolute Gasteiger partial charge is 0.497 e. The van der Waals surface area contributed by atoms with Crippen molar-refractivity contribution in [1.82, 2.24) is 9.97 Å². The molecule has 0 saturated heterocycles. The first-order valence-corrected chi connectivity index (χ1v) is 7.12. The maximum absolute atomic E-state index is 5.74. The Bertz CT molecular complexity index is 907. The van der Waals surface area contributed by atoms with Crippen molar-refractivity contribution < 1.29 is 18.3 Å². The fourth-order valence-corrected chi connectivity index (χ4v) is 2.44. The molecule has 6 nitrogen and oxygen atoms in total. The monoisotopic (exact) mass is 310 g/mol. The van der Waals surface area contributed by atoms with Crippen LogP contribution >= 0.6 is 0 Å². The van der Waals surface area contributed by atoms with E-state index < -0.39 is 0 Å². The Morgan fingerprint density at radius 1 is 0.783 bits per heavy atom. The highest BCUT2D eigenvalue weighted by Crippen LogP contribution is 2.25. The first-order chi connectivity index (χ1) is 11.2. The maximum Gasteiger partial charge on any atom is 0.204 e. The lowest BCUT2D eigenvalue weighted by Crippen LogP contribution is -1.87. The lowest BCUT2D eigenvalue weighted by molar-refractivity contribution is 0.414. The number of rotatable bonds is 4. The Balaban J connectivity index is 1.66. The molecule has 0 aliphatic carbocycles. The normalized spacial score (nSPS) is 11.2. The van der Waals surface area contributed by atoms with E-state index in [0.29, 0.717) is 29.4 Å². The topological polar surface area (TPSA) is 70.5 Å². The van der Waals surface area contributed by atoms with Gasteiger partial charge in [0, 0.05) is 12.1 Å². The molecule has 0 N–H and O–H groups in total. The number of hydrogen-bond acceptors (Lipinski definition) is 6. The molecule has 0 atom stereocenters. The van der Waals surface area contributed by atoms with Crippen LogP contribution in [0.2, 0.25) is 0 Å². The Morgan fingerprint density at radius 2 is 1.26 bits per heavy atom. The summed E-state index contributed by atoms with van der Waals surface area (Å²) in [5.74, 6) is 2.56. The maximum atomic E-state index is 5.74. The quantitative estimate of drug-likeness (QED) is 0.574. The first kappa shape index (κ1) is 13.6. The summed E-state index contributed by atoms with van der Waals surface area (Å²) in [5, 5.41) is 0. The standard InChI is InChI=1S/C17H14N2O4/c1-20-10-3-5-12-14(7-10)22-16(18-12)9-17-19-13-6-4-11(21-2)8-15(13)23-17/h3-8H,9H2,1-2H3. The fraction of sp³-hybridized carbons (Fsp3) is 0.176. The Morgan fingerprint density at radius 3 is 1.70 bits per heavy atom. The second kappa shape index (κ2) is 5.31. The molecule has 0 radical (unpaired) electrons. The summed E-state index contributed by atoms with van der Waals surface area (Å²) < 4.78 is 21.8. The lowest BCUT2D eigenvalue weighted by atomic mass is 10.3. The minimum atomic E-state index is 0.383. The highest BCUT2D eigenvalue weighted by molar-refractivity contribution is 5.75. The number of nitrogens with zero attached hydrogens (tertiary/aromatic N) is 2. The predicted octanol–water partition coefficient (Wildman–Crippen LogP) is 3.58. The van der Waals surface area contributed by atoms with Gasteiger partial charge in [0.25, 0.3) is 0 Å². The zero-order valence-corrected chi connectivity index (χ0v) is 12.7. The smallest absolute Gasteiger partial charge is 0.204 e. The zero-order chi connectivity index (χ0) is 15.8. The van der Waals surface area contributed by atoms with Crippen LogP contribution in [0.25, 0.3) is 22.2 Å². The van der Waals surface area contributed by atoms with Gasteiger partial charge in [0.2, 0.25) is 11.8 Å². The molecule has 116 valence electrons. The van der Waals surface area contributed by atoms with E-state index in [2.05, 4.69) is 9.97 Å². The molecule has 2 heterocycles. The van der Waals surface area contributed by atoms with Crippen LogP contribution in [0.3, 0.4) is 0 Å². The number of methoxy groups -OCH3 is 2. The summed E-state index contributed by atoms with van der Waals surface area (Å²) in [6.45, 7) is 0. The highest BCUT2D eigenvalue weighted by atomic mass is 16.5. The van der Waals surface area contributed by atoms with Gasteiger partial charge in [0.05, 0.1) is 14.2 Å². The number of ether oxygens (including phenoxy) is 2. The highest BCUT2D eigenvalue weighted by Gasteiger charge is 2.12. The number of hydrogen-bond donors (Lipinski definition) is 0. The van der Waals surface area contributed by atoms with Crippen LogP contribution in [0.1, 0.15) is 11.8 Å². The van der Waals surface area contributed by atoms with Crippen LogP contribution in [-0.2, 0) is 6.42 Å². The summed E-state index contributed by atoms with van der Waals surface area (Å²) in [5.41, 5.74) is 2.91. The van der Waals surface area contributed by atoms with Crippen LogP contribution < -0.4 is 9.47 Å². The van der Waals surface area contributed by atoms with Crippen molar-refractivity contribution in [3.8, 4) is 11.5 Å². The van der Waals surface area contributed by atoms with E-state index in [9.17, 15) is 0 Å². The molecule has 4 rings (SSSR count). The summed E-state index contributed by atoms with van der Waals surface area (Å²) in [6, 6.07) is 11.0. The van der Waals surface area contributed by atoms with Crippen molar-refractivity contribution in [2.24, 2.45) is 0 Å². The zero-order valence-electron chi connectivity index (χ0n) is 12.7. The van der Waals surface area contributed by atoms with Gasteiger partial charge < -0.3 is 18.3 Å². The average molecular weight is 310 g/mol. The van der Waals surface area contributed by atoms with Crippen molar-refractivity contribution in [1.29, 1.82) is 0 Å². The molecule has 23 heavy (non-hydrogen) atoms. The average Bonchev–Trinajstić information content (AvgIpc) is 3.15. The molecule has 0 aliphatic heterocycles. The number of benzene rings is 2. The van der Waals surface area contributed by atoms with Crippen molar-refractivity contribution in [3.63, 3.8) is 0 Å². The number of fused-ring (bicyclic) bond motifs is 2. The summed E-state index contributed by atoms with van der Waals surface area (Å²) in [6.07, 6.45) is 0.383. The van der Waals surface area contributed by atoms with Gasteiger partial charge in [-0.05, 0) is 24.3 Å². The SMILES string of the molecule is COc1ccc2nc(Cc3nc4ccc(OC)cc4o3)oc2c1. The Hall–Kier alpha value is -3.02. The van der Waals surface area contributed by atoms with E-state index in [-0.39, 0.29) is 0 Å². The second-order valence-electron chi connectivity index (χ2n) is 5.06. The van der Waals surface area contributed by atoms with Crippen LogP contribution in [-0.4, -0.2) is 24.2 Å². The van der Waals surface area contributed by atoms with Gasteiger partial charge in [-0.25, -0.2) is 9.97 Å². The van der Waals surface area contributed by atoms with E-state index in [1.165, 1.54) is 0 Å². The summed E-state index contributed by atoms with van der Waals surface area (Å²) >= 11 is 0. The minimum Gasteiger partial charge on any atom is -0.497 e. The van der Waals surface area contributed by atoms with E-state index in [0.717, 1.165) is 22.5 Å². The summed E-state index contributed by atoms with van der Waals surface area (Å²) in [4.78, 5) is 8.88. The molecule has 0 amide bonds. The van der Waals surface area contributed by atoms with Gasteiger partial charge in [-0.2, -0.15) is 0 Å². The van der Waals surface area contributed by atoms with E-state index in [1.807, 2.05) is 36.4 Å². The molecule has 4 aromatic rings. The molecule has 2 aromatic carbocycles. The van der Waals surface area contributed by atoms with Gasteiger partial charge in [0.1, 0.15) is 29.0 Å². The summed E-state index contributed by atoms with van der Waals surface area (Å²) in [7, 11) is 3.23. The van der Waals surface area contributed by atoms with Crippen LogP contribution in [0.15, 0.2) is 45.2 Å². The van der Waals surface area contributed by atoms with E-state index >= 15 is 0 Å². The minimum absolute atomic E-state index is 0.383. The van der Waals surface area contributed by atoms with Crippen molar-refractivity contribution in [2.45, 2.75) is 6.42 Å². The van der Waals surface area contributed by atoms with Crippen LogP contribution in [0.5, 0.6) is 11.5 Å². The Kier molecular flexibility index (Phi) is 3.15. The van der Waals surface area contributed by atoms with Crippen LogP contribution in [0, 0.1) is 0 Å². The third-order valence-electron chi connectivity index (χ3n) is 3.58. The van der Waals surface area contributed by atoms with Gasteiger partial charge in [-0.3, -0.25) is 0 Å². The molecule has 0 aliphatic rings. The molecule has 0 bridgehead atoms. The third kappa shape index (κ3) is 2.48. The van der Waals surface area contributed by atoms with Crippen molar-refractivity contribution in [2.75, 3.05) is 14.2 Å². The van der Waals surface area contributed by atoms with Gasteiger partial charge in [0.15, 0.2) is 11.2 Å². The molecule has 0 unspecified atom stereocenters. The number of oxazole rings is 2. The molecule has 6 heteroatoms. The Labute approximate surface area is 131 Å². The van der Waals surface area contributed by atoms with Gasteiger partial charge in [-0.1, -0.05) is 0 Å². The second-order valence-corrected chi connectivity index (χ2v) is 5.06. The van der Waals surface area contributed by atoms with Gasteiger partial charge >= 0.3 is 0 Å². The fourth-order valence-electron chi connectivity index (χ4n) is 2.44. The van der Waals surface area contributed by atoms with Crippen molar-refractivity contribution in [3.05, 3.63) is 48.2 Å². The first-order valence-electron chi connectivity index (χ1n) is 7.12. The molecule has 0 fully saturated rings. The molecule has 0 saturated carbocycles. The van der Waals surface area contributed by atoms with E-state index in [4.69, 9.17) is 18.3 Å². The molecule has 2 aromatic heterocycles.